The normalized spacial score (nSPS) is 15.3. The van der Waals surface area contributed by atoms with Crippen LogP contribution in [-0.2, 0) is 14.3 Å². The van der Waals surface area contributed by atoms with Gasteiger partial charge in [0, 0.05) is 0 Å². The summed E-state index contributed by atoms with van der Waals surface area (Å²) in [5.74, 6) is 0.0223. The van der Waals surface area contributed by atoms with Gasteiger partial charge in [0.05, 0.1) is 42.7 Å². The van der Waals surface area contributed by atoms with Crippen molar-refractivity contribution in [1.82, 2.24) is 10.6 Å². The standard InChI is InChI=1S/C25H28N2O7/c1-5-32-24(29)21-20(14-33-23(28)17-8-12-19(13-9-17)34-15(2)3)26-25(30)27-22(21)16-6-10-18(31-4)11-7-16/h6-13,15,22H,5,14H2,1-4H3,(H2,26,27,30). The molecular weight excluding hydrogens is 440 g/mol. The first-order valence-electron chi connectivity index (χ1n) is 10.9. The van der Waals surface area contributed by atoms with Crippen molar-refractivity contribution in [1.29, 1.82) is 0 Å². The lowest BCUT2D eigenvalue weighted by atomic mass is 9.95. The minimum absolute atomic E-state index is 0.00760. The number of amides is 2. The van der Waals surface area contributed by atoms with Crippen LogP contribution in [0, 0.1) is 0 Å². The van der Waals surface area contributed by atoms with E-state index in [4.69, 9.17) is 18.9 Å². The second kappa shape index (κ2) is 11.2. The Balaban J connectivity index is 1.84. The first kappa shape index (κ1) is 24.6. The molecule has 1 aliphatic heterocycles. The number of carbonyl (C=O) groups excluding carboxylic acids is 3. The van der Waals surface area contributed by atoms with E-state index in [-0.39, 0.29) is 30.6 Å². The molecule has 0 saturated heterocycles. The third-order valence-electron chi connectivity index (χ3n) is 4.91. The number of nitrogens with one attached hydrogen (secondary N) is 2. The summed E-state index contributed by atoms with van der Waals surface area (Å²) in [6.07, 6.45) is 0.00760. The van der Waals surface area contributed by atoms with E-state index >= 15 is 0 Å². The maximum Gasteiger partial charge on any atom is 0.338 e. The Kier molecular flexibility index (Phi) is 8.13. The highest BCUT2D eigenvalue weighted by molar-refractivity contribution is 5.95. The summed E-state index contributed by atoms with van der Waals surface area (Å²) in [6.45, 7) is 5.32. The van der Waals surface area contributed by atoms with Crippen LogP contribution < -0.4 is 20.1 Å². The van der Waals surface area contributed by atoms with Crippen LogP contribution in [0.15, 0.2) is 59.8 Å². The fraction of sp³-hybridized carbons (Fsp3) is 0.320. The topological polar surface area (TPSA) is 112 Å². The first-order valence-corrected chi connectivity index (χ1v) is 10.9. The summed E-state index contributed by atoms with van der Waals surface area (Å²) in [7, 11) is 1.54. The predicted molar refractivity (Wildman–Crippen MR) is 124 cm³/mol. The van der Waals surface area contributed by atoms with Crippen LogP contribution in [0.4, 0.5) is 4.79 Å². The molecule has 0 fully saturated rings. The minimum Gasteiger partial charge on any atom is -0.497 e. The minimum atomic E-state index is -0.792. The Labute approximate surface area is 198 Å². The smallest absolute Gasteiger partial charge is 0.338 e. The Morgan fingerprint density at radius 3 is 2.18 bits per heavy atom. The summed E-state index contributed by atoms with van der Waals surface area (Å²) in [5, 5.41) is 5.30. The number of hydrogen-bond donors (Lipinski definition) is 2. The molecule has 2 N–H and O–H groups in total. The van der Waals surface area contributed by atoms with Crippen LogP contribution in [-0.4, -0.2) is 44.4 Å². The van der Waals surface area contributed by atoms with E-state index in [1.54, 1.807) is 62.6 Å². The number of urea groups is 1. The Morgan fingerprint density at radius 1 is 0.941 bits per heavy atom. The van der Waals surface area contributed by atoms with Crippen molar-refractivity contribution >= 4 is 18.0 Å². The van der Waals surface area contributed by atoms with E-state index < -0.39 is 24.0 Å². The molecule has 0 spiro atoms. The molecule has 0 bridgehead atoms. The van der Waals surface area contributed by atoms with Gasteiger partial charge in [-0.15, -0.1) is 0 Å². The zero-order valence-electron chi connectivity index (χ0n) is 19.5. The van der Waals surface area contributed by atoms with Gasteiger partial charge >= 0.3 is 18.0 Å². The van der Waals surface area contributed by atoms with Crippen molar-refractivity contribution in [2.45, 2.75) is 32.9 Å². The molecule has 3 rings (SSSR count). The number of ether oxygens (including phenoxy) is 4. The third kappa shape index (κ3) is 6.06. The van der Waals surface area contributed by atoms with E-state index in [9.17, 15) is 14.4 Å². The van der Waals surface area contributed by atoms with E-state index in [1.807, 2.05) is 13.8 Å². The SMILES string of the molecule is CCOC(=O)C1=C(COC(=O)c2ccc(OC(C)C)cc2)NC(=O)NC1c1ccc(OC)cc1. The second-order valence-electron chi connectivity index (χ2n) is 7.68. The van der Waals surface area contributed by atoms with Gasteiger partial charge in [-0.1, -0.05) is 12.1 Å². The zero-order chi connectivity index (χ0) is 24.7. The molecular formula is C25H28N2O7. The molecule has 34 heavy (non-hydrogen) atoms. The number of carbonyl (C=O) groups is 3. The summed E-state index contributed by atoms with van der Waals surface area (Å²) in [5.41, 5.74) is 1.25. The molecule has 2 aromatic carbocycles. The number of benzene rings is 2. The lowest BCUT2D eigenvalue weighted by molar-refractivity contribution is -0.139. The van der Waals surface area contributed by atoms with Gasteiger partial charge in [-0.25, -0.2) is 14.4 Å². The number of hydrogen-bond acceptors (Lipinski definition) is 7. The highest BCUT2D eigenvalue weighted by atomic mass is 16.5. The molecule has 180 valence electrons. The lowest BCUT2D eigenvalue weighted by Gasteiger charge is -2.29. The van der Waals surface area contributed by atoms with Gasteiger partial charge in [0.25, 0.3) is 0 Å². The average molecular weight is 469 g/mol. The van der Waals surface area contributed by atoms with Gasteiger partial charge in [0.2, 0.25) is 0 Å². The van der Waals surface area contributed by atoms with Gasteiger partial charge in [0.15, 0.2) is 0 Å². The molecule has 0 saturated carbocycles. The maximum atomic E-state index is 12.8. The Bertz CT molecular complexity index is 1060. The molecule has 1 atom stereocenters. The van der Waals surface area contributed by atoms with Crippen molar-refractivity contribution < 1.29 is 33.3 Å². The van der Waals surface area contributed by atoms with Crippen molar-refractivity contribution in [2.24, 2.45) is 0 Å². The number of methoxy groups -OCH3 is 1. The fourth-order valence-corrected chi connectivity index (χ4v) is 3.39. The molecule has 1 unspecified atom stereocenters. The molecule has 1 heterocycles. The van der Waals surface area contributed by atoms with Crippen molar-refractivity contribution in [3.8, 4) is 11.5 Å². The van der Waals surface area contributed by atoms with Crippen LogP contribution in [0.1, 0.15) is 42.7 Å². The lowest BCUT2D eigenvalue weighted by Crippen LogP contribution is -2.47. The Hall–Kier alpha value is -4.01. The van der Waals surface area contributed by atoms with Crippen molar-refractivity contribution in [3.05, 3.63) is 70.9 Å². The third-order valence-corrected chi connectivity index (χ3v) is 4.91. The van der Waals surface area contributed by atoms with Gasteiger partial charge in [-0.3, -0.25) is 0 Å². The molecule has 0 aromatic heterocycles. The monoisotopic (exact) mass is 468 g/mol. The summed E-state index contributed by atoms with van der Waals surface area (Å²) in [6, 6.07) is 12.1. The molecule has 9 heteroatoms. The van der Waals surface area contributed by atoms with E-state index in [1.165, 1.54) is 0 Å². The van der Waals surface area contributed by atoms with Crippen LogP contribution in [0.5, 0.6) is 11.5 Å². The van der Waals surface area contributed by atoms with Crippen molar-refractivity contribution in [2.75, 3.05) is 20.3 Å². The summed E-state index contributed by atoms with van der Waals surface area (Å²) >= 11 is 0. The zero-order valence-corrected chi connectivity index (χ0v) is 19.5. The van der Waals surface area contributed by atoms with E-state index in [0.717, 1.165) is 0 Å². The molecule has 0 radical (unpaired) electrons. The first-order chi connectivity index (χ1) is 16.3. The summed E-state index contributed by atoms with van der Waals surface area (Å²) < 4.78 is 21.4. The summed E-state index contributed by atoms with van der Waals surface area (Å²) in [4.78, 5) is 37.8. The number of esters is 2. The highest BCUT2D eigenvalue weighted by Gasteiger charge is 2.34. The van der Waals surface area contributed by atoms with E-state index in [0.29, 0.717) is 22.6 Å². The average Bonchev–Trinajstić information content (AvgIpc) is 2.82. The predicted octanol–water partition coefficient (Wildman–Crippen LogP) is 3.51. The molecule has 0 aliphatic carbocycles. The van der Waals surface area contributed by atoms with Gasteiger partial charge < -0.3 is 29.6 Å². The van der Waals surface area contributed by atoms with Crippen LogP contribution in [0.2, 0.25) is 0 Å². The van der Waals surface area contributed by atoms with Crippen LogP contribution >= 0.6 is 0 Å². The fourth-order valence-electron chi connectivity index (χ4n) is 3.39. The van der Waals surface area contributed by atoms with Gasteiger partial charge in [0.1, 0.15) is 18.1 Å². The molecule has 2 aromatic rings. The van der Waals surface area contributed by atoms with Crippen molar-refractivity contribution in [3.63, 3.8) is 0 Å². The number of rotatable bonds is 9. The Morgan fingerprint density at radius 2 is 1.59 bits per heavy atom. The largest absolute Gasteiger partial charge is 0.497 e. The molecule has 9 nitrogen and oxygen atoms in total. The van der Waals surface area contributed by atoms with Gasteiger partial charge in [-0.05, 0) is 62.7 Å². The highest BCUT2D eigenvalue weighted by Crippen LogP contribution is 2.29. The second-order valence-corrected chi connectivity index (χ2v) is 7.68. The maximum absolute atomic E-state index is 12.8. The quantitative estimate of drug-likeness (QED) is 0.542. The van der Waals surface area contributed by atoms with Gasteiger partial charge in [-0.2, -0.15) is 0 Å². The van der Waals surface area contributed by atoms with Crippen LogP contribution in [0.25, 0.3) is 0 Å². The van der Waals surface area contributed by atoms with Crippen LogP contribution in [0.3, 0.4) is 0 Å². The molecule has 1 aliphatic rings. The molecule has 2 amide bonds. The van der Waals surface area contributed by atoms with E-state index in [2.05, 4.69) is 10.6 Å².